The summed E-state index contributed by atoms with van der Waals surface area (Å²) in [5.74, 6) is 4.09. The summed E-state index contributed by atoms with van der Waals surface area (Å²) < 4.78 is 0. The standard InChI is InChI=1S/C28H48O2/c1-18(7-12-25(30)26(2,3)4)22-10-11-23-21-9-8-19-17-20(29)13-15-27(19,5)24(21)14-16-28(22,23)6/h8,18,20-25,29-30H,7,9-17H2,1-6H3/t18-,20+,21+,22?,23+,24+,25?,27+,28-/m1/s1. The van der Waals surface area contributed by atoms with E-state index in [1.807, 2.05) is 0 Å². The van der Waals surface area contributed by atoms with E-state index in [9.17, 15) is 10.2 Å². The van der Waals surface area contributed by atoms with Crippen molar-refractivity contribution in [2.45, 2.75) is 118 Å². The monoisotopic (exact) mass is 416 g/mol. The lowest BCUT2D eigenvalue weighted by molar-refractivity contribution is -0.0584. The van der Waals surface area contributed by atoms with Crippen LogP contribution in [0.15, 0.2) is 11.6 Å². The molecule has 0 aliphatic heterocycles. The summed E-state index contributed by atoms with van der Waals surface area (Å²) >= 11 is 0. The van der Waals surface area contributed by atoms with Gasteiger partial charge in [0.25, 0.3) is 0 Å². The van der Waals surface area contributed by atoms with Crippen molar-refractivity contribution in [3.05, 3.63) is 11.6 Å². The van der Waals surface area contributed by atoms with Gasteiger partial charge >= 0.3 is 0 Å². The highest BCUT2D eigenvalue weighted by atomic mass is 16.3. The summed E-state index contributed by atoms with van der Waals surface area (Å²) in [7, 11) is 0. The van der Waals surface area contributed by atoms with E-state index in [0.29, 0.717) is 16.7 Å². The highest BCUT2D eigenvalue weighted by Gasteiger charge is 2.59. The minimum Gasteiger partial charge on any atom is -0.393 e. The fourth-order valence-electron chi connectivity index (χ4n) is 8.67. The molecule has 0 heterocycles. The van der Waals surface area contributed by atoms with Gasteiger partial charge in [0.15, 0.2) is 0 Å². The van der Waals surface area contributed by atoms with Gasteiger partial charge < -0.3 is 10.2 Å². The van der Waals surface area contributed by atoms with Crippen LogP contribution in [-0.4, -0.2) is 22.4 Å². The van der Waals surface area contributed by atoms with Crippen molar-refractivity contribution in [1.29, 1.82) is 0 Å². The van der Waals surface area contributed by atoms with Gasteiger partial charge in [-0.1, -0.05) is 53.2 Å². The molecule has 2 N–H and O–H groups in total. The lowest BCUT2D eigenvalue weighted by Gasteiger charge is -2.58. The lowest BCUT2D eigenvalue weighted by Crippen LogP contribution is -2.50. The van der Waals surface area contributed by atoms with E-state index >= 15 is 0 Å². The van der Waals surface area contributed by atoms with Crippen LogP contribution in [0, 0.1) is 45.8 Å². The Morgan fingerprint density at radius 1 is 1.03 bits per heavy atom. The number of aliphatic hydroxyl groups excluding tert-OH is 2. The largest absolute Gasteiger partial charge is 0.393 e. The molecule has 9 atom stereocenters. The average Bonchev–Trinajstić information content (AvgIpc) is 3.03. The van der Waals surface area contributed by atoms with Gasteiger partial charge in [-0.15, -0.1) is 0 Å². The molecular formula is C28H48O2. The first-order chi connectivity index (χ1) is 14.0. The summed E-state index contributed by atoms with van der Waals surface area (Å²) in [5, 5.41) is 20.8. The fourth-order valence-corrected chi connectivity index (χ4v) is 8.67. The molecule has 0 aromatic carbocycles. The van der Waals surface area contributed by atoms with Crippen molar-refractivity contribution in [3.63, 3.8) is 0 Å². The number of fused-ring (bicyclic) bond motifs is 5. The van der Waals surface area contributed by atoms with Gasteiger partial charge in [0, 0.05) is 0 Å². The Balaban J connectivity index is 1.47. The second kappa shape index (κ2) is 7.91. The van der Waals surface area contributed by atoms with Crippen LogP contribution in [0.1, 0.15) is 106 Å². The molecule has 0 spiro atoms. The molecule has 3 saturated carbocycles. The Morgan fingerprint density at radius 3 is 2.47 bits per heavy atom. The second-order valence-corrected chi connectivity index (χ2v) is 13.3. The first kappa shape index (κ1) is 22.8. The zero-order valence-electron chi connectivity index (χ0n) is 20.6. The number of hydrogen-bond acceptors (Lipinski definition) is 2. The Bertz CT molecular complexity index is 660. The van der Waals surface area contributed by atoms with Gasteiger partial charge in [-0.05, 0) is 110 Å². The SMILES string of the molecule is C[C@H](CCC(O)C(C)(C)C)C1CC[C@H]2[C@@H]3CC=C4C[C@@H](O)CC[C@]4(C)[C@H]3CC[C@]12C. The normalized spacial score (nSPS) is 45.7. The summed E-state index contributed by atoms with van der Waals surface area (Å²) in [6.45, 7) is 14.1. The van der Waals surface area contributed by atoms with Gasteiger partial charge in [0.05, 0.1) is 12.2 Å². The first-order valence-corrected chi connectivity index (χ1v) is 13.0. The maximum absolute atomic E-state index is 10.6. The lowest BCUT2D eigenvalue weighted by atomic mass is 9.47. The number of hydrogen-bond donors (Lipinski definition) is 2. The van der Waals surface area contributed by atoms with Gasteiger partial charge in [0.1, 0.15) is 0 Å². The van der Waals surface area contributed by atoms with E-state index < -0.39 is 0 Å². The van der Waals surface area contributed by atoms with Crippen LogP contribution in [0.2, 0.25) is 0 Å². The minimum absolute atomic E-state index is 0.00491. The van der Waals surface area contributed by atoms with Gasteiger partial charge in [0.2, 0.25) is 0 Å². The molecule has 3 fully saturated rings. The smallest absolute Gasteiger partial charge is 0.0588 e. The van der Waals surface area contributed by atoms with Crippen LogP contribution in [-0.2, 0) is 0 Å². The summed E-state index contributed by atoms with van der Waals surface area (Å²) in [6, 6.07) is 0. The molecular weight excluding hydrogens is 368 g/mol. The molecule has 4 aliphatic carbocycles. The maximum atomic E-state index is 10.6. The van der Waals surface area contributed by atoms with E-state index in [1.54, 1.807) is 5.57 Å². The molecule has 0 aromatic heterocycles. The van der Waals surface area contributed by atoms with Gasteiger partial charge in [-0.2, -0.15) is 0 Å². The van der Waals surface area contributed by atoms with Crippen molar-refractivity contribution in [2.75, 3.05) is 0 Å². The van der Waals surface area contributed by atoms with E-state index in [2.05, 4.69) is 47.6 Å². The van der Waals surface area contributed by atoms with Crippen molar-refractivity contribution in [1.82, 2.24) is 0 Å². The molecule has 0 radical (unpaired) electrons. The third-order valence-corrected chi connectivity index (χ3v) is 10.7. The molecule has 2 unspecified atom stereocenters. The number of allylic oxidation sites excluding steroid dienone is 1. The maximum Gasteiger partial charge on any atom is 0.0588 e. The first-order valence-electron chi connectivity index (χ1n) is 13.0. The Labute approximate surface area is 185 Å². The molecule has 4 aliphatic rings. The molecule has 0 amide bonds. The van der Waals surface area contributed by atoms with Crippen LogP contribution >= 0.6 is 0 Å². The van der Waals surface area contributed by atoms with E-state index in [4.69, 9.17) is 0 Å². The van der Waals surface area contributed by atoms with Crippen molar-refractivity contribution >= 4 is 0 Å². The van der Waals surface area contributed by atoms with E-state index in [0.717, 1.165) is 42.9 Å². The molecule has 0 bridgehead atoms. The van der Waals surface area contributed by atoms with Crippen LogP contribution in [0.4, 0.5) is 0 Å². The van der Waals surface area contributed by atoms with Crippen LogP contribution in [0.25, 0.3) is 0 Å². The summed E-state index contributed by atoms with van der Waals surface area (Å²) in [4.78, 5) is 0. The highest BCUT2D eigenvalue weighted by Crippen LogP contribution is 2.67. The molecule has 0 aromatic rings. The van der Waals surface area contributed by atoms with E-state index in [-0.39, 0.29) is 17.6 Å². The topological polar surface area (TPSA) is 40.5 Å². The van der Waals surface area contributed by atoms with Gasteiger partial charge in [-0.3, -0.25) is 0 Å². The third kappa shape index (κ3) is 3.72. The molecule has 0 saturated heterocycles. The second-order valence-electron chi connectivity index (χ2n) is 13.3. The third-order valence-electron chi connectivity index (χ3n) is 10.7. The van der Waals surface area contributed by atoms with Crippen molar-refractivity contribution in [2.24, 2.45) is 45.8 Å². The summed E-state index contributed by atoms with van der Waals surface area (Å²) in [6.07, 6.45) is 14.3. The Kier molecular flexibility index (Phi) is 6.02. The zero-order valence-corrected chi connectivity index (χ0v) is 20.6. The van der Waals surface area contributed by atoms with Crippen molar-refractivity contribution in [3.8, 4) is 0 Å². The minimum atomic E-state index is -0.191. The Morgan fingerprint density at radius 2 is 1.77 bits per heavy atom. The predicted molar refractivity (Wildman–Crippen MR) is 125 cm³/mol. The number of aliphatic hydroxyl groups is 2. The van der Waals surface area contributed by atoms with E-state index in [1.165, 1.54) is 44.9 Å². The molecule has 2 nitrogen and oxygen atoms in total. The fraction of sp³-hybridized carbons (Fsp3) is 0.929. The average molecular weight is 417 g/mol. The molecule has 172 valence electrons. The summed E-state index contributed by atoms with van der Waals surface area (Å²) in [5.41, 5.74) is 2.42. The predicted octanol–water partition coefficient (Wildman–Crippen LogP) is 6.75. The quantitative estimate of drug-likeness (QED) is 0.498. The molecule has 2 heteroatoms. The van der Waals surface area contributed by atoms with Gasteiger partial charge in [-0.25, -0.2) is 0 Å². The molecule has 4 rings (SSSR count). The number of rotatable bonds is 4. The van der Waals surface area contributed by atoms with Crippen molar-refractivity contribution < 1.29 is 10.2 Å². The van der Waals surface area contributed by atoms with Crippen LogP contribution < -0.4 is 0 Å². The van der Waals surface area contributed by atoms with Crippen LogP contribution in [0.3, 0.4) is 0 Å². The Hall–Kier alpha value is -0.340. The highest BCUT2D eigenvalue weighted by molar-refractivity contribution is 5.25. The van der Waals surface area contributed by atoms with Crippen LogP contribution in [0.5, 0.6) is 0 Å². The zero-order chi connectivity index (χ0) is 21.9. The molecule has 30 heavy (non-hydrogen) atoms.